The van der Waals surface area contributed by atoms with Gasteiger partial charge >= 0.3 is 0 Å². The molecule has 1 saturated carbocycles. The van der Waals surface area contributed by atoms with Crippen molar-refractivity contribution in [1.29, 1.82) is 0 Å². The lowest BCUT2D eigenvalue weighted by Gasteiger charge is -2.35. The van der Waals surface area contributed by atoms with E-state index in [1.165, 1.54) is 6.42 Å². The van der Waals surface area contributed by atoms with Crippen LogP contribution in [0.4, 0.5) is 0 Å². The lowest BCUT2D eigenvalue weighted by Crippen LogP contribution is -2.57. The van der Waals surface area contributed by atoms with E-state index in [1.807, 2.05) is 6.92 Å². The van der Waals surface area contributed by atoms with E-state index in [4.69, 9.17) is 4.74 Å². The minimum Gasteiger partial charge on any atom is -0.396 e. The summed E-state index contributed by atoms with van der Waals surface area (Å²) in [4.78, 5) is 41.7. The number of carbonyl (C=O) groups excluding carboxylic acids is 3. The standard InChI is InChI=1S/C23H37N3O5/c1-2-12-24-20(28)17-16-10-11-23(31-16)18(17)22(30)26(13-6-7-14-27)19(23)21(29)25-15-8-4-3-5-9-15/h15-19,27H,2-14H2,1H3,(H,24,28)(H,25,29)/t16-,17+,18-,19?,23?/m0/s1. The third kappa shape index (κ3) is 3.97. The van der Waals surface area contributed by atoms with Crippen LogP contribution in [0.5, 0.6) is 0 Å². The molecule has 8 heteroatoms. The second-order valence-corrected chi connectivity index (χ2v) is 9.65. The smallest absolute Gasteiger partial charge is 0.246 e. The van der Waals surface area contributed by atoms with Crippen molar-refractivity contribution in [2.24, 2.45) is 11.8 Å². The van der Waals surface area contributed by atoms with Gasteiger partial charge in [-0.25, -0.2) is 0 Å². The van der Waals surface area contributed by atoms with E-state index < -0.39 is 23.5 Å². The van der Waals surface area contributed by atoms with Crippen molar-refractivity contribution in [1.82, 2.24) is 15.5 Å². The van der Waals surface area contributed by atoms with Gasteiger partial charge in [0.25, 0.3) is 0 Å². The second kappa shape index (κ2) is 9.45. The normalized spacial score (nSPS) is 34.8. The van der Waals surface area contributed by atoms with E-state index in [1.54, 1.807) is 4.90 Å². The molecule has 0 aromatic carbocycles. The van der Waals surface area contributed by atoms with Crippen LogP contribution in [0, 0.1) is 11.8 Å². The fourth-order valence-electron chi connectivity index (χ4n) is 6.28. The Kier molecular flexibility index (Phi) is 6.86. The zero-order valence-corrected chi connectivity index (χ0v) is 18.6. The number of hydrogen-bond donors (Lipinski definition) is 3. The summed E-state index contributed by atoms with van der Waals surface area (Å²) in [5, 5.41) is 15.3. The van der Waals surface area contributed by atoms with Crippen LogP contribution in [-0.2, 0) is 19.1 Å². The molecule has 3 heterocycles. The Hall–Kier alpha value is -1.67. The predicted octanol–water partition coefficient (Wildman–Crippen LogP) is 1.11. The average molecular weight is 436 g/mol. The van der Waals surface area contributed by atoms with Crippen molar-refractivity contribution in [2.45, 2.75) is 94.9 Å². The largest absolute Gasteiger partial charge is 0.396 e. The molecular weight excluding hydrogens is 398 g/mol. The molecule has 4 rings (SSSR count). The fraction of sp³-hybridized carbons (Fsp3) is 0.870. The van der Waals surface area contributed by atoms with Crippen molar-refractivity contribution in [3.63, 3.8) is 0 Å². The summed E-state index contributed by atoms with van der Waals surface area (Å²) in [7, 11) is 0. The molecule has 3 amide bonds. The molecule has 8 nitrogen and oxygen atoms in total. The van der Waals surface area contributed by atoms with E-state index in [0.29, 0.717) is 38.8 Å². The number of unbranched alkanes of at least 4 members (excludes halogenated alkanes) is 1. The van der Waals surface area contributed by atoms with Gasteiger partial charge in [0.05, 0.1) is 17.9 Å². The first kappa shape index (κ1) is 22.5. The molecule has 3 N–H and O–H groups in total. The van der Waals surface area contributed by atoms with Crippen LogP contribution >= 0.6 is 0 Å². The van der Waals surface area contributed by atoms with Crippen LogP contribution in [0.2, 0.25) is 0 Å². The number of fused-ring (bicyclic) bond motifs is 1. The second-order valence-electron chi connectivity index (χ2n) is 9.65. The molecule has 174 valence electrons. The lowest BCUT2D eigenvalue weighted by molar-refractivity contribution is -0.142. The first-order valence-electron chi connectivity index (χ1n) is 12.2. The van der Waals surface area contributed by atoms with E-state index >= 15 is 0 Å². The Balaban J connectivity index is 1.59. The molecule has 2 unspecified atom stereocenters. The number of ether oxygens (including phenoxy) is 1. The van der Waals surface area contributed by atoms with Crippen LogP contribution in [-0.4, -0.2) is 71.2 Å². The van der Waals surface area contributed by atoms with Gasteiger partial charge in [0.1, 0.15) is 11.6 Å². The van der Waals surface area contributed by atoms with E-state index in [-0.39, 0.29) is 36.5 Å². The summed E-state index contributed by atoms with van der Waals surface area (Å²) in [6, 6.07) is -0.548. The number of rotatable bonds is 9. The quantitative estimate of drug-likeness (QED) is 0.470. The summed E-state index contributed by atoms with van der Waals surface area (Å²) in [5.41, 5.74) is -0.909. The van der Waals surface area contributed by atoms with Gasteiger partial charge in [-0.05, 0) is 44.9 Å². The number of likely N-dealkylation sites (tertiary alicyclic amines) is 1. The molecule has 5 atom stereocenters. The van der Waals surface area contributed by atoms with Gasteiger partial charge in [0.15, 0.2) is 0 Å². The minimum atomic E-state index is -0.909. The molecule has 3 saturated heterocycles. The molecule has 2 bridgehead atoms. The highest BCUT2D eigenvalue weighted by Crippen LogP contribution is 2.58. The average Bonchev–Trinajstić information content (AvgIpc) is 3.40. The molecular formula is C23H37N3O5. The number of nitrogens with zero attached hydrogens (tertiary/aromatic N) is 1. The maximum Gasteiger partial charge on any atom is 0.246 e. The lowest BCUT2D eigenvalue weighted by atomic mass is 9.70. The van der Waals surface area contributed by atoms with Crippen molar-refractivity contribution in [3.05, 3.63) is 0 Å². The monoisotopic (exact) mass is 435 g/mol. The molecule has 0 radical (unpaired) electrons. The fourth-order valence-corrected chi connectivity index (χ4v) is 6.28. The Labute approximate surface area is 184 Å². The highest BCUT2D eigenvalue weighted by atomic mass is 16.5. The van der Waals surface area contributed by atoms with Gasteiger partial charge in [-0.2, -0.15) is 0 Å². The molecule has 0 aromatic rings. The summed E-state index contributed by atoms with van der Waals surface area (Å²) in [5.74, 6) is -1.53. The van der Waals surface area contributed by atoms with Gasteiger partial charge in [0, 0.05) is 25.7 Å². The maximum atomic E-state index is 13.6. The van der Waals surface area contributed by atoms with Crippen LogP contribution in [0.3, 0.4) is 0 Å². The highest BCUT2D eigenvalue weighted by Gasteiger charge is 2.74. The Morgan fingerprint density at radius 3 is 2.65 bits per heavy atom. The zero-order valence-electron chi connectivity index (χ0n) is 18.6. The topological polar surface area (TPSA) is 108 Å². The highest BCUT2D eigenvalue weighted by molar-refractivity contribution is 5.99. The number of aliphatic hydroxyl groups excluding tert-OH is 1. The van der Waals surface area contributed by atoms with Gasteiger partial charge in [-0.3, -0.25) is 14.4 Å². The molecule has 3 aliphatic heterocycles. The third-order valence-corrected chi connectivity index (χ3v) is 7.66. The van der Waals surface area contributed by atoms with Crippen LogP contribution in [0.1, 0.15) is 71.1 Å². The van der Waals surface area contributed by atoms with E-state index in [2.05, 4.69) is 10.6 Å². The molecule has 31 heavy (non-hydrogen) atoms. The van der Waals surface area contributed by atoms with Crippen molar-refractivity contribution in [3.8, 4) is 0 Å². The first-order valence-corrected chi connectivity index (χ1v) is 12.2. The van der Waals surface area contributed by atoms with Crippen molar-refractivity contribution in [2.75, 3.05) is 19.7 Å². The Morgan fingerprint density at radius 2 is 1.94 bits per heavy atom. The number of hydrogen-bond acceptors (Lipinski definition) is 5. The van der Waals surface area contributed by atoms with E-state index in [0.717, 1.165) is 32.1 Å². The number of carbonyl (C=O) groups is 3. The summed E-state index contributed by atoms with van der Waals surface area (Å²) < 4.78 is 6.39. The Morgan fingerprint density at radius 1 is 1.16 bits per heavy atom. The molecule has 1 spiro atoms. The Bertz CT molecular complexity index is 695. The van der Waals surface area contributed by atoms with Crippen molar-refractivity contribution >= 4 is 17.7 Å². The summed E-state index contributed by atoms with van der Waals surface area (Å²) in [6.07, 6.45) is 8.42. The number of nitrogens with one attached hydrogen (secondary N) is 2. The van der Waals surface area contributed by atoms with Crippen LogP contribution in [0.25, 0.3) is 0 Å². The van der Waals surface area contributed by atoms with Crippen LogP contribution in [0.15, 0.2) is 0 Å². The molecule has 4 fully saturated rings. The maximum absolute atomic E-state index is 13.6. The molecule has 4 aliphatic rings. The van der Waals surface area contributed by atoms with Gasteiger partial charge < -0.3 is 25.4 Å². The number of aliphatic hydroxyl groups is 1. The molecule has 0 aromatic heterocycles. The number of amides is 3. The van der Waals surface area contributed by atoms with Crippen molar-refractivity contribution < 1.29 is 24.2 Å². The zero-order chi connectivity index (χ0) is 22.0. The first-order chi connectivity index (χ1) is 15.0. The van der Waals surface area contributed by atoms with E-state index in [9.17, 15) is 19.5 Å². The minimum absolute atomic E-state index is 0.0517. The van der Waals surface area contributed by atoms with Gasteiger partial charge in [0.2, 0.25) is 17.7 Å². The molecule has 1 aliphatic carbocycles. The van der Waals surface area contributed by atoms with Crippen LogP contribution < -0.4 is 10.6 Å². The SMILES string of the molecule is CCCNC(=O)[C@@H]1[C@@H]2CCC3(O2)C(C(=O)NC2CCCCC2)N(CCCCO)C(=O)[C@H]13. The van der Waals surface area contributed by atoms with Gasteiger partial charge in [-0.15, -0.1) is 0 Å². The summed E-state index contributed by atoms with van der Waals surface area (Å²) in [6.45, 7) is 3.02. The third-order valence-electron chi connectivity index (χ3n) is 7.66. The predicted molar refractivity (Wildman–Crippen MR) is 114 cm³/mol. The van der Waals surface area contributed by atoms with Gasteiger partial charge in [-0.1, -0.05) is 26.2 Å². The summed E-state index contributed by atoms with van der Waals surface area (Å²) >= 11 is 0.